The third-order valence-corrected chi connectivity index (χ3v) is 13.4. The van der Waals surface area contributed by atoms with Crippen molar-refractivity contribution in [3.8, 4) is 22.9 Å². The summed E-state index contributed by atoms with van der Waals surface area (Å²) in [5.74, 6) is -0.170. The molecule has 8 atom stereocenters. The number of benzene rings is 1. The van der Waals surface area contributed by atoms with Gasteiger partial charge in [-0.1, -0.05) is 48.0 Å². The lowest BCUT2D eigenvalue weighted by molar-refractivity contribution is -0.157. The molecule has 3 aromatic rings. The summed E-state index contributed by atoms with van der Waals surface area (Å²) in [4.78, 5) is 66.4. The topological polar surface area (TPSA) is 165 Å². The Balaban J connectivity index is 1.19. The van der Waals surface area contributed by atoms with Gasteiger partial charge in [-0.05, 0) is 66.9 Å². The van der Waals surface area contributed by atoms with Gasteiger partial charge in [0.2, 0.25) is 5.91 Å². The third-order valence-electron chi connectivity index (χ3n) is 12.6. The molecule has 1 aromatic carbocycles. The first-order chi connectivity index (χ1) is 27.1. The maximum atomic E-state index is 14.8. The number of hydrogen-bond donors (Lipinski definition) is 2. The number of aliphatic hydroxyl groups excluding tert-OH is 1. The molecule has 0 spiro atoms. The summed E-state index contributed by atoms with van der Waals surface area (Å²) < 4.78 is 18.4. The number of thiazole rings is 1. The van der Waals surface area contributed by atoms with Crippen LogP contribution in [0, 0.1) is 40.4 Å². The molecule has 0 radical (unpaired) electrons. The lowest BCUT2D eigenvalue weighted by Gasteiger charge is -2.35. The molecule has 1 saturated heterocycles. The van der Waals surface area contributed by atoms with E-state index < -0.39 is 40.8 Å². The van der Waals surface area contributed by atoms with Crippen molar-refractivity contribution in [2.45, 2.75) is 118 Å². The first-order valence-electron chi connectivity index (χ1n) is 20.6. The van der Waals surface area contributed by atoms with E-state index in [9.17, 15) is 29.4 Å². The number of aliphatic carboxylic acids is 1. The van der Waals surface area contributed by atoms with Crippen LogP contribution in [-0.2, 0) is 30.3 Å². The van der Waals surface area contributed by atoms with Gasteiger partial charge in [0.25, 0.3) is 0 Å². The molecule has 4 aliphatic rings. The van der Waals surface area contributed by atoms with Crippen molar-refractivity contribution in [3.63, 3.8) is 0 Å². The van der Waals surface area contributed by atoms with Gasteiger partial charge in [-0.3, -0.25) is 19.2 Å². The lowest BCUT2D eigenvalue weighted by Crippen LogP contribution is -2.48. The number of Topliss-reactive ketones (excluding diaryl/α,β-unsaturated/α-hetero) is 1. The molecular formula is C44H57N3O9S. The Labute approximate surface area is 338 Å². The number of aliphatic hydroxyl groups is 1. The smallest absolute Gasteiger partial charge is 0.310 e. The normalized spacial score (nSPS) is 27.0. The van der Waals surface area contributed by atoms with Crippen LogP contribution in [0.3, 0.4) is 0 Å². The number of ketones is 1. The van der Waals surface area contributed by atoms with Gasteiger partial charge in [0, 0.05) is 42.2 Å². The van der Waals surface area contributed by atoms with Crippen LogP contribution in [-0.4, -0.2) is 86.7 Å². The number of amides is 1. The van der Waals surface area contributed by atoms with Gasteiger partial charge in [-0.15, -0.1) is 11.3 Å². The molecule has 2 unspecified atom stereocenters. The maximum absolute atomic E-state index is 14.8. The van der Waals surface area contributed by atoms with E-state index in [1.165, 1.54) is 6.42 Å². The number of carbonyl (C=O) groups is 4. The van der Waals surface area contributed by atoms with E-state index in [1.54, 1.807) is 28.4 Å². The van der Waals surface area contributed by atoms with Gasteiger partial charge in [0.15, 0.2) is 5.78 Å². The van der Waals surface area contributed by atoms with Crippen LogP contribution >= 0.6 is 11.3 Å². The number of pyridine rings is 1. The summed E-state index contributed by atoms with van der Waals surface area (Å²) >= 11 is 1.57. The van der Waals surface area contributed by atoms with Gasteiger partial charge < -0.3 is 29.3 Å². The van der Waals surface area contributed by atoms with Crippen molar-refractivity contribution in [1.29, 1.82) is 0 Å². The number of hydrogen-bond acceptors (Lipinski definition) is 11. The van der Waals surface area contributed by atoms with Crippen molar-refractivity contribution in [3.05, 3.63) is 34.7 Å². The second-order valence-electron chi connectivity index (χ2n) is 18.3. The van der Waals surface area contributed by atoms with Gasteiger partial charge in [-0.2, -0.15) is 0 Å². The molecule has 13 heteroatoms. The number of fused-ring (bicyclic) bond motifs is 2. The highest BCUT2D eigenvalue weighted by Crippen LogP contribution is 2.58. The Morgan fingerprint density at radius 1 is 1.02 bits per heavy atom. The molecular weight excluding hydrogens is 747 g/mol. The van der Waals surface area contributed by atoms with E-state index in [0.29, 0.717) is 64.4 Å². The Bertz CT molecular complexity index is 2000. The highest BCUT2D eigenvalue weighted by molar-refractivity contribution is 7.09. The summed E-state index contributed by atoms with van der Waals surface area (Å²) in [6, 6.07) is 6.31. The summed E-state index contributed by atoms with van der Waals surface area (Å²) in [6.07, 6.45) is 4.00. The van der Waals surface area contributed by atoms with Gasteiger partial charge >= 0.3 is 11.9 Å². The molecule has 1 amide bonds. The molecule has 2 aromatic heterocycles. The SMILES string of the molecule is CC[C@@H]1C[C@]1(CC(=O)[C@@H]1C[C@H](Oc2cc(-c3csc(CC(C)C)n3)nc3cc(OCCO)ccc23)CN1C(=O)[C@@H](CC(=O)OC1CC2C[C@H]2C1)C(C)(C)C)C(=O)O. The molecule has 7 rings (SSSR count). The number of aromatic nitrogens is 2. The van der Waals surface area contributed by atoms with Gasteiger partial charge in [0.1, 0.15) is 30.3 Å². The zero-order valence-corrected chi connectivity index (χ0v) is 34.8. The number of nitrogens with zero attached hydrogens (tertiary/aromatic N) is 3. The van der Waals surface area contributed by atoms with Crippen molar-refractivity contribution >= 4 is 45.9 Å². The molecule has 2 N–H and O–H groups in total. The fourth-order valence-electron chi connectivity index (χ4n) is 9.16. The standard InChI is InChI=1S/C44H57N3O9S/c1-7-27-20-44(27,42(52)53)21-37(49)36-17-30(22-47(36)41(51)32(43(4,5)6)18-40(50)56-29-14-25-13-26(25)15-29)55-38-19-34(35-23-57-39(46-35)12-24(2)3)45-33-16-28(54-11-10-48)8-9-31(33)38/h8-9,16,19,23-27,29-30,32,36,48H,7,10-15,17-18,20-22H2,1-6H3,(H,52,53)/t25-,26?,27+,29?,30-,32+,36-,44+/m0/s1. The Morgan fingerprint density at radius 3 is 2.42 bits per heavy atom. The summed E-state index contributed by atoms with van der Waals surface area (Å²) in [5.41, 5.74) is 0.103. The molecule has 4 fully saturated rings. The van der Waals surface area contributed by atoms with Crippen molar-refractivity contribution in [2.75, 3.05) is 19.8 Å². The average molecular weight is 804 g/mol. The van der Waals surface area contributed by atoms with E-state index in [4.69, 9.17) is 24.2 Å². The molecule has 1 aliphatic heterocycles. The molecule has 3 aliphatic carbocycles. The first-order valence-corrected chi connectivity index (χ1v) is 21.5. The quantitative estimate of drug-likeness (QED) is 0.133. The number of carbonyl (C=O) groups excluding carboxylic acids is 3. The molecule has 0 bridgehead atoms. The van der Waals surface area contributed by atoms with E-state index >= 15 is 0 Å². The summed E-state index contributed by atoms with van der Waals surface area (Å²) in [6.45, 7) is 12.0. The van der Waals surface area contributed by atoms with Crippen LogP contribution in [0.1, 0.15) is 97.9 Å². The fourth-order valence-corrected chi connectivity index (χ4v) is 10.2. The van der Waals surface area contributed by atoms with Crippen LogP contribution in [0.5, 0.6) is 11.5 Å². The number of carboxylic acid groups (broad SMARTS) is 1. The maximum Gasteiger partial charge on any atom is 0.310 e. The van der Waals surface area contributed by atoms with Crippen molar-refractivity contribution in [2.24, 2.45) is 40.4 Å². The second-order valence-corrected chi connectivity index (χ2v) is 19.3. The molecule has 3 heterocycles. The Hall–Kier alpha value is -4.10. The number of likely N-dealkylation sites (tertiary alicyclic amines) is 1. The van der Waals surface area contributed by atoms with E-state index in [0.717, 1.165) is 24.3 Å². The zero-order valence-electron chi connectivity index (χ0n) is 34.0. The minimum Gasteiger partial charge on any atom is -0.491 e. The first kappa shape index (κ1) is 41.1. The highest BCUT2D eigenvalue weighted by atomic mass is 32.1. The molecule has 3 saturated carbocycles. The molecule has 308 valence electrons. The Morgan fingerprint density at radius 2 is 1.77 bits per heavy atom. The zero-order chi connectivity index (χ0) is 40.8. The van der Waals surface area contributed by atoms with Gasteiger partial charge in [-0.25, -0.2) is 9.97 Å². The fraction of sp³-hybridized carbons (Fsp3) is 0.636. The minimum absolute atomic E-state index is 0.0756. The largest absolute Gasteiger partial charge is 0.491 e. The van der Waals surface area contributed by atoms with Crippen molar-refractivity contribution < 1.29 is 43.6 Å². The predicted molar refractivity (Wildman–Crippen MR) is 215 cm³/mol. The molecule has 57 heavy (non-hydrogen) atoms. The average Bonchev–Trinajstić information content (AvgIpc) is 3.82. The van der Waals surface area contributed by atoms with Crippen LogP contribution < -0.4 is 9.47 Å². The van der Waals surface area contributed by atoms with Crippen LogP contribution in [0.25, 0.3) is 22.3 Å². The highest BCUT2D eigenvalue weighted by Gasteiger charge is 2.61. The van der Waals surface area contributed by atoms with E-state index in [2.05, 4.69) is 13.8 Å². The second kappa shape index (κ2) is 16.3. The van der Waals surface area contributed by atoms with Crippen molar-refractivity contribution in [1.82, 2.24) is 14.9 Å². The number of rotatable bonds is 17. The minimum atomic E-state index is -1.14. The van der Waals surface area contributed by atoms with E-state index in [1.807, 2.05) is 45.2 Å². The van der Waals surface area contributed by atoms with E-state index in [-0.39, 0.29) is 62.7 Å². The predicted octanol–water partition coefficient (Wildman–Crippen LogP) is 7.13. The van der Waals surface area contributed by atoms with Crippen LogP contribution in [0.15, 0.2) is 29.6 Å². The summed E-state index contributed by atoms with van der Waals surface area (Å²) in [7, 11) is 0. The van der Waals surface area contributed by atoms with Gasteiger partial charge in [0.05, 0.1) is 58.9 Å². The monoisotopic (exact) mass is 803 g/mol. The Kier molecular flexibility index (Phi) is 11.7. The molecule has 12 nitrogen and oxygen atoms in total. The third kappa shape index (κ3) is 8.99. The number of carboxylic acids is 1. The lowest BCUT2D eigenvalue weighted by atomic mass is 9.77. The van der Waals surface area contributed by atoms with Crippen LogP contribution in [0.4, 0.5) is 0 Å². The number of esters is 1. The summed E-state index contributed by atoms with van der Waals surface area (Å²) in [5, 5.41) is 23.3. The number of ether oxygens (including phenoxy) is 3. The van der Waals surface area contributed by atoms with Crippen LogP contribution in [0.2, 0.25) is 0 Å².